The van der Waals surface area contributed by atoms with Gasteiger partial charge in [-0.3, -0.25) is 0 Å². The van der Waals surface area contributed by atoms with E-state index in [9.17, 15) is 10.4 Å². The van der Waals surface area contributed by atoms with Gasteiger partial charge in [0, 0.05) is 7.11 Å². The van der Waals surface area contributed by atoms with Crippen molar-refractivity contribution < 1.29 is 9.84 Å². The first-order valence-electron chi connectivity index (χ1n) is 7.22. The molecule has 2 aliphatic carbocycles. The second-order valence-electron chi connectivity index (χ2n) is 6.34. The van der Waals surface area contributed by atoms with Gasteiger partial charge in [-0.05, 0) is 57.3 Å². The Labute approximate surface area is 110 Å². The van der Waals surface area contributed by atoms with Crippen molar-refractivity contribution in [1.82, 2.24) is 0 Å². The molecular weight excluding hydrogens is 226 g/mol. The molecular formula is C15H25NO2. The summed E-state index contributed by atoms with van der Waals surface area (Å²) in [4.78, 5) is 0. The molecule has 2 saturated carbocycles. The molecule has 0 heterocycles. The van der Waals surface area contributed by atoms with Crippen LogP contribution < -0.4 is 0 Å². The first kappa shape index (κ1) is 13.8. The summed E-state index contributed by atoms with van der Waals surface area (Å²) < 4.78 is 5.36. The summed E-state index contributed by atoms with van der Waals surface area (Å²) in [5.74, 6) is 0.699. The summed E-state index contributed by atoms with van der Waals surface area (Å²) in [6.45, 7) is 2.24. The highest BCUT2D eigenvalue weighted by atomic mass is 16.5. The minimum Gasteiger partial charge on any atom is -0.388 e. The normalized spacial score (nSPS) is 45.4. The summed E-state index contributed by atoms with van der Waals surface area (Å²) in [5.41, 5.74) is -1.28. The van der Waals surface area contributed by atoms with Gasteiger partial charge in [0.1, 0.15) is 0 Å². The summed E-state index contributed by atoms with van der Waals surface area (Å²) in [6, 6.07) is 2.49. The number of nitriles is 1. The van der Waals surface area contributed by atoms with Crippen LogP contribution in [0.15, 0.2) is 0 Å². The van der Waals surface area contributed by atoms with Crippen LogP contribution in [0.5, 0.6) is 0 Å². The van der Waals surface area contributed by atoms with Crippen LogP contribution in [0, 0.1) is 22.7 Å². The van der Waals surface area contributed by atoms with Gasteiger partial charge in [-0.25, -0.2) is 0 Å². The van der Waals surface area contributed by atoms with Gasteiger partial charge in [0.25, 0.3) is 0 Å². The lowest BCUT2D eigenvalue weighted by atomic mass is 9.58. The summed E-state index contributed by atoms with van der Waals surface area (Å²) in [5, 5.41) is 20.6. The minimum atomic E-state index is -0.781. The average Bonchev–Trinajstić information content (AvgIpc) is 2.41. The molecule has 2 aliphatic rings. The van der Waals surface area contributed by atoms with E-state index in [0.29, 0.717) is 18.8 Å². The number of nitrogens with zero attached hydrogens (tertiary/aromatic N) is 1. The summed E-state index contributed by atoms with van der Waals surface area (Å²) in [7, 11) is 1.73. The third kappa shape index (κ3) is 2.29. The molecule has 0 atom stereocenters. The fourth-order valence-corrected chi connectivity index (χ4v) is 3.72. The Balaban J connectivity index is 2.10. The summed E-state index contributed by atoms with van der Waals surface area (Å²) in [6.07, 6.45) is 7.33. The Bertz CT molecular complexity index is 318. The van der Waals surface area contributed by atoms with Gasteiger partial charge < -0.3 is 9.84 Å². The Morgan fingerprint density at radius 3 is 2.11 bits per heavy atom. The van der Waals surface area contributed by atoms with Crippen molar-refractivity contribution >= 4 is 0 Å². The molecule has 0 aromatic carbocycles. The molecule has 0 amide bonds. The first-order valence-corrected chi connectivity index (χ1v) is 7.22. The van der Waals surface area contributed by atoms with E-state index in [4.69, 9.17) is 4.74 Å². The van der Waals surface area contributed by atoms with E-state index >= 15 is 0 Å². The van der Waals surface area contributed by atoms with E-state index in [1.807, 2.05) is 0 Å². The molecule has 1 N–H and O–H groups in total. The van der Waals surface area contributed by atoms with Gasteiger partial charge in [-0.15, -0.1) is 0 Å². The van der Waals surface area contributed by atoms with Crippen molar-refractivity contribution in [1.29, 1.82) is 5.26 Å². The van der Waals surface area contributed by atoms with Crippen LogP contribution in [0.3, 0.4) is 0 Å². The number of aliphatic hydroxyl groups is 1. The molecule has 0 saturated heterocycles. The predicted octanol–water partition coefficient (Wildman–Crippen LogP) is 3.03. The van der Waals surface area contributed by atoms with Crippen molar-refractivity contribution in [2.24, 2.45) is 11.3 Å². The average molecular weight is 251 g/mol. The second-order valence-corrected chi connectivity index (χ2v) is 6.34. The van der Waals surface area contributed by atoms with Gasteiger partial charge in [0.05, 0.1) is 23.2 Å². The number of ether oxygens (including phenoxy) is 1. The lowest BCUT2D eigenvalue weighted by Gasteiger charge is -2.49. The molecule has 3 heteroatoms. The molecule has 102 valence electrons. The van der Waals surface area contributed by atoms with Crippen LogP contribution in [-0.2, 0) is 4.74 Å². The standard InChI is InChI=1S/C15H25NO2/c1-12-3-7-14(11-16,8-4-12)15(17)9-5-13(18-2)6-10-15/h12-13,17H,3-10H2,1-2H3. The molecule has 0 radical (unpaired) electrons. The Morgan fingerprint density at radius 1 is 1.11 bits per heavy atom. The maximum absolute atomic E-state index is 11.0. The fourth-order valence-electron chi connectivity index (χ4n) is 3.72. The van der Waals surface area contributed by atoms with E-state index in [2.05, 4.69) is 13.0 Å². The summed E-state index contributed by atoms with van der Waals surface area (Å²) >= 11 is 0. The van der Waals surface area contributed by atoms with E-state index in [0.717, 1.165) is 38.5 Å². The van der Waals surface area contributed by atoms with Crippen LogP contribution in [0.1, 0.15) is 58.3 Å². The lowest BCUT2D eigenvalue weighted by Crippen LogP contribution is -2.52. The number of hydrogen-bond donors (Lipinski definition) is 1. The lowest BCUT2D eigenvalue weighted by molar-refractivity contribution is -0.121. The molecule has 0 aromatic heterocycles. The van der Waals surface area contributed by atoms with Crippen molar-refractivity contribution in [2.45, 2.75) is 70.0 Å². The molecule has 0 bridgehead atoms. The molecule has 18 heavy (non-hydrogen) atoms. The highest BCUT2D eigenvalue weighted by Crippen LogP contribution is 2.51. The van der Waals surface area contributed by atoms with Gasteiger partial charge in [-0.1, -0.05) is 6.92 Å². The zero-order chi connectivity index (χ0) is 13.2. The van der Waals surface area contributed by atoms with Crippen molar-refractivity contribution in [3.63, 3.8) is 0 Å². The smallest absolute Gasteiger partial charge is 0.0860 e. The van der Waals surface area contributed by atoms with E-state index in [-0.39, 0.29) is 6.10 Å². The zero-order valence-corrected chi connectivity index (χ0v) is 11.6. The number of hydrogen-bond acceptors (Lipinski definition) is 3. The number of rotatable bonds is 2. The van der Waals surface area contributed by atoms with Crippen molar-refractivity contribution in [3.05, 3.63) is 0 Å². The molecule has 2 fully saturated rings. The van der Waals surface area contributed by atoms with Gasteiger partial charge in [-0.2, -0.15) is 5.26 Å². The number of methoxy groups -OCH3 is 1. The van der Waals surface area contributed by atoms with Crippen LogP contribution in [0.2, 0.25) is 0 Å². The topological polar surface area (TPSA) is 53.2 Å². The quantitative estimate of drug-likeness (QED) is 0.820. The van der Waals surface area contributed by atoms with Crippen LogP contribution in [0.25, 0.3) is 0 Å². The van der Waals surface area contributed by atoms with E-state index in [1.54, 1.807) is 7.11 Å². The monoisotopic (exact) mass is 251 g/mol. The van der Waals surface area contributed by atoms with Gasteiger partial charge in [0.15, 0.2) is 0 Å². The SMILES string of the molecule is COC1CCC(O)(C2(C#N)CCC(C)CC2)CC1. The van der Waals surface area contributed by atoms with E-state index in [1.165, 1.54) is 0 Å². The van der Waals surface area contributed by atoms with Crippen LogP contribution >= 0.6 is 0 Å². The predicted molar refractivity (Wildman–Crippen MR) is 69.9 cm³/mol. The molecule has 0 aliphatic heterocycles. The molecule has 0 unspecified atom stereocenters. The van der Waals surface area contributed by atoms with Crippen LogP contribution in [-0.4, -0.2) is 23.9 Å². The zero-order valence-electron chi connectivity index (χ0n) is 11.6. The Hall–Kier alpha value is -0.590. The van der Waals surface area contributed by atoms with E-state index < -0.39 is 11.0 Å². The highest BCUT2D eigenvalue weighted by molar-refractivity contribution is 5.14. The molecule has 0 aromatic rings. The molecule has 2 rings (SSSR count). The van der Waals surface area contributed by atoms with Crippen molar-refractivity contribution in [2.75, 3.05) is 7.11 Å². The maximum Gasteiger partial charge on any atom is 0.0860 e. The Kier molecular flexibility index (Phi) is 3.99. The minimum absolute atomic E-state index is 0.267. The largest absolute Gasteiger partial charge is 0.388 e. The van der Waals surface area contributed by atoms with Gasteiger partial charge in [0.2, 0.25) is 0 Å². The third-order valence-electron chi connectivity index (χ3n) is 5.33. The van der Waals surface area contributed by atoms with Crippen LogP contribution in [0.4, 0.5) is 0 Å². The fraction of sp³-hybridized carbons (Fsp3) is 0.933. The Morgan fingerprint density at radius 2 is 1.67 bits per heavy atom. The van der Waals surface area contributed by atoms with Gasteiger partial charge >= 0.3 is 0 Å². The second kappa shape index (κ2) is 5.19. The van der Waals surface area contributed by atoms with Crippen molar-refractivity contribution in [3.8, 4) is 6.07 Å². The maximum atomic E-state index is 11.0. The molecule has 3 nitrogen and oxygen atoms in total. The molecule has 0 spiro atoms. The highest BCUT2D eigenvalue weighted by Gasteiger charge is 2.52. The first-order chi connectivity index (χ1) is 8.55. The third-order valence-corrected chi connectivity index (χ3v) is 5.33.